The molecule has 1 aromatic rings. The number of methoxy groups -OCH3 is 2. The van der Waals surface area contributed by atoms with Crippen LogP contribution in [0.3, 0.4) is 0 Å². The zero-order valence-corrected chi connectivity index (χ0v) is 17.6. The molecule has 2 rings (SSSR count). The highest BCUT2D eigenvalue weighted by molar-refractivity contribution is 5.95. The van der Waals surface area contributed by atoms with Crippen molar-refractivity contribution in [2.75, 3.05) is 27.3 Å². The van der Waals surface area contributed by atoms with E-state index >= 15 is 0 Å². The molecule has 0 saturated carbocycles. The van der Waals surface area contributed by atoms with Crippen LogP contribution in [0.4, 0.5) is 4.79 Å². The summed E-state index contributed by atoms with van der Waals surface area (Å²) in [6, 6.07) is 4.18. The maximum atomic E-state index is 12.7. The predicted octanol–water partition coefficient (Wildman–Crippen LogP) is 2.13. The fourth-order valence-electron chi connectivity index (χ4n) is 2.90. The highest BCUT2D eigenvalue weighted by atomic mass is 16.8. The van der Waals surface area contributed by atoms with Gasteiger partial charge < -0.3 is 29.5 Å². The standard InChI is InChI=1S/C20H30N2O7/c1-20(2,3)28-19(25)29-22-8-6-7-17(23)16(12-22)21-18(24)13-9-14(26-4)11-15(10-13)27-5/h9-11,16-17,23H,6-8,12H2,1-5H3,(H,21,24)/t16-,17-/m1/s1. The second-order valence-corrected chi connectivity index (χ2v) is 7.83. The van der Waals surface area contributed by atoms with Gasteiger partial charge in [0.15, 0.2) is 0 Å². The first-order valence-corrected chi connectivity index (χ1v) is 9.49. The van der Waals surface area contributed by atoms with Gasteiger partial charge in [0, 0.05) is 18.2 Å². The van der Waals surface area contributed by atoms with Gasteiger partial charge in [0.1, 0.15) is 17.1 Å². The Labute approximate surface area is 170 Å². The Hall–Kier alpha value is -2.52. The van der Waals surface area contributed by atoms with Gasteiger partial charge >= 0.3 is 6.16 Å². The first-order chi connectivity index (χ1) is 13.6. The van der Waals surface area contributed by atoms with E-state index < -0.39 is 29.8 Å². The molecule has 29 heavy (non-hydrogen) atoms. The molecular formula is C20H30N2O7. The van der Waals surface area contributed by atoms with Crippen LogP contribution >= 0.6 is 0 Å². The zero-order chi connectivity index (χ0) is 21.6. The topological polar surface area (TPSA) is 107 Å². The minimum absolute atomic E-state index is 0.132. The van der Waals surface area contributed by atoms with Crippen molar-refractivity contribution in [3.8, 4) is 11.5 Å². The molecule has 9 heteroatoms. The smallest absolute Gasteiger partial charge is 0.497 e. The summed E-state index contributed by atoms with van der Waals surface area (Å²) >= 11 is 0. The fraction of sp³-hybridized carbons (Fsp3) is 0.600. The van der Waals surface area contributed by atoms with Crippen LogP contribution in [0, 0.1) is 0 Å². The first kappa shape index (κ1) is 22.8. The second kappa shape index (κ2) is 9.80. The van der Waals surface area contributed by atoms with Crippen LogP contribution in [0.5, 0.6) is 11.5 Å². The zero-order valence-electron chi connectivity index (χ0n) is 17.6. The molecule has 2 atom stereocenters. The van der Waals surface area contributed by atoms with Crippen LogP contribution < -0.4 is 14.8 Å². The van der Waals surface area contributed by atoms with Crippen LogP contribution in [0.15, 0.2) is 18.2 Å². The van der Waals surface area contributed by atoms with Crippen molar-refractivity contribution >= 4 is 12.1 Å². The van der Waals surface area contributed by atoms with Gasteiger partial charge in [0.25, 0.3) is 5.91 Å². The Bertz CT molecular complexity index is 695. The molecule has 1 heterocycles. The van der Waals surface area contributed by atoms with Gasteiger partial charge in [-0.3, -0.25) is 4.79 Å². The molecule has 2 N–H and O–H groups in total. The van der Waals surface area contributed by atoms with Crippen LogP contribution in [-0.4, -0.2) is 67.3 Å². The monoisotopic (exact) mass is 410 g/mol. The lowest BCUT2D eigenvalue weighted by Gasteiger charge is -2.27. The number of ether oxygens (including phenoxy) is 3. The fourth-order valence-corrected chi connectivity index (χ4v) is 2.90. The van der Waals surface area contributed by atoms with Crippen molar-refractivity contribution in [3.63, 3.8) is 0 Å². The maximum Gasteiger partial charge on any atom is 0.528 e. The third kappa shape index (κ3) is 7.10. The lowest BCUT2D eigenvalue weighted by Crippen LogP contribution is -2.49. The summed E-state index contributed by atoms with van der Waals surface area (Å²) in [6.45, 7) is 5.78. The number of hydrogen-bond acceptors (Lipinski definition) is 8. The Morgan fingerprint density at radius 3 is 2.31 bits per heavy atom. The van der Waals surface area contributed by atoms with E-state index in [1.54, 1.807) is 39.0 Å². The Balaban J connectivity index is 2.07. The average molecular weight is 410 g/mol. The minimum Gasteiger partial charge on any atom is -0.497 e. The van der Waals surface area contributed by atoms with Gasteiger partial charge in [-0.25, -0.2) is 4.79 Å². The molecule has 0 spiro atoms. The van der Waals surface area contributed by atoms with Crippen LogP contribution in [-0.2, 0) is 9.57 Å². The number of amides is 1. The van der Waals surface area contributed by atoms with Gasteiger partial charge in [-0.1, -0.05) is 0 Å². The Morgan fingerprint density at radius 2 is 1.76 bits per heavy atom. The first-order valence-electron chi connectivity index (χ1n) is 9.49. The summed E-state index contributed by atoms with van der Waals surface area (Å²) in [4.78, 5) is 29.9. The molecule has 0 radical (unpaired) electrons. The maximum absolute atomic E-state index is 12.7. The number of aliphatic hydroxyl groups is 1. The quantitative estimate of drug-likeness (QED) is 0.711. The lowest BCUT2D eigenvalue weighted by atomic mass is 10.1. The molecule has 162 valence electrons. The number of rotatable bonds is 5. The Kier molecular flexibility index (Phi) is 7.69. The number of hydroxylamine groups is 2. The van der Waals surface area contributed by atoms with E-state index in [0.29, 0.717) is 36.4 Å². The molecule has 9 nitrogen and oxygen atoms in total. The molecule has 0 bridgehead atoms. The molecule has 0 aliphatic carbocycles. The van der Waals surface area contributed by atoms with Gasteiger partial charge in [0.2, 0.25) is 0 Å². The van der Waals surface area contributed by atoms with E-state index in [1.807, 2.05) is 0 Å². The van der Waals surface area contributed by atoms with Gasteiger partial charge in [0.05, 0.1) is 32.9 Å². The number of carbonyl (C=O) groups is 2. The van der Waals surface area contributed by atoms with Crippen LogP contribution in [0.1, 0.15) is 44.0 Å². The third-order valence-electron chi connectivity index (χ3n) is 4.30. The van der Waals surface area contributed by atoms with Crippen molar-refractivity contribution in [1.82, 2.24) is 10.4 Å². The number of hydrogen-bond donors (Lipinski definition) is 2. The number of benzene rings is 1. The second-order valence-electron chi connectivity index (χ2n) is 7.83. The van der Waals surface area contributed by atoms with E-state index in [2.05, 4.69) is 5.32 Å². The molecule has 0 aromatic heterocycles. The van der Waals surface area contributed by atoms with Crippen LogP contribution in [0.2, 0.25) is 0 Å². The SMILES string of the molecule is COc1cc(OC)cc(C(=O)N[C@@H]2CN(OC(=O)OC(C)(C)C)CCC[C@H]2O)c1. The summed E-state index contributed by atoms with van der Waals surface area (Å²) in [5, 5.41) is 14.6. The summed E-state index contributed by atoms with van der Waals surface area (Å²) in [6.07, 6.45) is -0.542. The molecule has 1 aliphatic rings. The summed E-state index contributed by atoms with van der Waals surface area (Å²) < 4.78 is 15.5. The van der Waals surface area contributed by atoms with E-state index in [4.69, 9.17) is 19.0 Å². The lowest BCUT2D eigenvalue weighted by molar-refractivity contribution is -0.144. The van der Waals surface area contributed by atoms with Gasteiger partial charge in [-0.2, -0.15) is 0 Å². The highest BCUT2D eigenvalue weighted by Crippen LogP contribution is 2.23. The van der Waals surface area contributed by atoms with Crippen molar-refractivity contribution in [2.45, 2.75) is 51.4 Å². The normalized spacial score (nSPS) is 20.3. The predicted molar refractivity (Wildman–Crippen MR) is 105 cm³/mol. The van der Waals surface area contributed by atoms with Gasteiger partial charge in [-0.15, -0.1) is 5.06 Å². The number of aliphatic hydroxyl groups excluding tert-OH is 1. The van der Waals surface area contributed by atoms with E-state index in [1.165, 1.54) is 19.3 Å². The molecule has 1 aromatic carbocycles. The molecular weight excluding hydrogens is 380 g/mol. The van der Waals surface area contributed by atoms with Crippen LogP contribution in [0.25, 0.3) is 0 Å². The van der Waals surface area contributed by atoms with E-state index in [0.717, 1.165) is 0 Å². The highest BCUT2D eigenvalue weighted by Gasteiger charge is 2.30. The van der Waals surface area contributed by atoms with Crippen molar-refractivity contribution in [2.24, 2.45) is 0 Å². The summed E-state index contributed by atoms with van der Waals surface area (Å²) in [5.74, 6) is 0.557. The van der Waals surface area contributed by atoms with E-state index in [9.17, 15) is 14.7 Å². The summed E-state index contributed by atoms with van der Waals surface area (Å²) in [5.41, 5.74) is -0.348. The number of nitrogens with one attached hydrogen (secondary N) is 1. The summed E-state index contributed by atoms with van der Waals surface area (Å²) in [7, 11) is 2.99. The average Bonchev–Trinajstić information content (AvgIpc) is 2.80. The number of nitrogens with zero attached hydrogens (tertiary/aromatic N) is 1. The van der Waals surface area contributed by atoms with E-state index in [-0.39, 0.29) is 6.54 Å². The number of carbonyl (C=O) groups excluding carboxylic acids is 2. The molecule has 0 unspecified atom stereocenters. The molecule has 1 amide bonds. The molecule has 1 saturated heterocycles. The van der Waals surface area contributed by atoms with Crippen molar-refractivity contribution < 1.29 is 33.7 Å². The largest absolute Gasteiger partial charge is 0.528 e. The van der Waals surface area contributed by atoms with Crippen molar-refractivity contribution in [1.29, 1.82) is 0 Å². The van der Waals surface area contributed by atoms with Crippen molar-refractivity contribution in [3.05, 3.63) is 23.8 Å². The third-order valence-corrected chi connectivity index (χ3v) is 4.30. The Morgan fingerprint density at radius 1 is 1.14 bits per heavy atom. The minimum atomic E-state index is -0.823. The molecule has 1 aliphatic heterocycles. The van der Waals surface area contributed by atoms with Gasteiger partial charge in [-0.05, 0) is 45.7 Å². The molecule has 1 fully saturated rings.